The zero-order valence-corrected chi connectivity index (χ0v) is 20.0. The maximum absolute atomic E-state index is 13.1. The van der Waals surface area contributed by atoms with Crippen LogP contribution in [0, 0.1) is 13.8 Å². The number of para-hydroxylation sites is 1. The number of aryl methyl sites for hydroxylation is 1. The highest BCUT2D eigenvalue weighted by Gasteiger charge is 2.23. The van der Waals surface area contributed by atoms with Crippen LogP contribution >= 0.6 is 0 Å². The van der Waals surface area contributed by atoms with Crippen molar-refractivity contribution in [2.75, 3.05) is 32.3 Å². The molecule has 0 unspecified atom stereocenters. The molecule has 0 radical (unpaired) electrons. The lowest BCUT2D eigenvalue weighted by Crippen LogP contribution is -2.28. The van der Waals surface area contributed by atoms with Gasteiger partial charge in [0.25, 0.3) is 5.91 Å². The Hall–Kier alpha value is -3.71. The molecule has 0 aliphatic carbocycles. The van der Waals surface area contributed by atoms with Gasteiger partial charge in [-0.2, -0.15) is 0 Å². The number of ketones is 1. The average molecular weight is 463 g/mol. The lowest BCUT2D eigenvalue weighted by molar-refractivity contribution is 0.0472. The minimum atomic E-state index is -0.715. The Balaban J connectivity index is 1.71. The molecule has 0 atom stereocenters. The molecule has 3 aromatic rings. The first-order chi connectivity index (χ1) is 16.3. The Morgan fingerprint density at radius 3 is 2.24 bits per heavy atom. The summed E-state index contributed by atoms with van der Waals surface area (Å²) in [7, 11) is 3.30. The van der Waals surface area contributed by atoms with Crippen LogP contribution in [0.1, 0.15) is 48.9 Å². The first kappa shape index (κ1) is 24.9. The van der Waals surface area contributed by atoms with Crippen molar-refractivity contribution in [3.63, 3.8) is 0 Å². The summed E-state index contributed by atoms with van der Waals surface area (Å²) in [5.41, 5.74) is 3.34. The predicted octanol–water partition coefficient (Wildman–Crippen LogP) is 4.46. The molecule has 0 spiro atoms. The van der Waals surface area contributed by atoms with Crippen molar-refractivity contribution in [2.45, 2.75) is 26.8 Å². The molecule has 0 aliphatic rings. The minimum Gasteiger partial charge on any atom is -0.454 e. The number of hydrogen-bond donors (Lipinski definition) is 0. The summed E-state index contributed by atoms with van der Waals surface area (Å²) in [6.45, 7) is 4.78. The molecule has 0 fully saturated rings. The lowest BCUT2D eigenvalue weighted by atomic mass is 10.1. The van der Waals surface area contributed by atoms with E-state index in [-0.39, 0.29) is 22.8 Å². The van der Waals surface area contributed by atoms with Gasteiger partial charge in [-0.05, 0) is 50.6 Å². The largest absolute Gasteiger partial charge is 0.454 e. The Bertz CT molecular complexity index is 1170. The molecule has 0 saturated heterocycles. The fraction of sp³-hybridized carbons (Fsp3) is 0.296. The van der Waals surface area contributed by atoms with E-state index in [1.807, 2.05) is 50.2 Å². The van der Waals surface area contributed by atoms with Crippen LogP contribution in [-0.2, 0) is 16.0 Å². The maximum atomic E-state index is 13.1. The van der Waals surface area contributed by atoms with Gasteiger partial charge in [0.1, 0.15) is 0 Å². The van der Waals surface area contributed by atoms with Crippen molar-refractivity contribution in [3.8, 4) is 0 Å². The number of esters is 1. The van der Waals surface area contributed by atoms with Crippen LogP contribution < -0.4 is 4.90 Å². The van der Waals surface area contributed by atoms with Crippen LogP contribution in [0.25, 0.3) is 0 Å². The second-order valence-electron chi connectivity index (χ2n) is 8.03. The summed E-state index contributed by atoms with van der Waals surface area (Å²) in [6, 6.07) is 17.4. The Morgan fingerprint density at radius 2 is 1.56 bits per heavy atom. The number of hydrogen-bond acceptors (Lipinski definition) is 5. The average Bonchev–Trinajstić information content (AvgIpc) is 3.15. The molecule has 7 nitrogen and oxygen atoms in total. The van der Waals surface area contributed by atoms with Crippen molar-refractivity contribution < 1.29 is 23.9 Å². The van der Waals surface area contributed by atoms with E-state index < -0.39 is 12.6 Å². The number of carbonyl (C=O) groups is 3. The van der Waals surface area contributed by atoms with E-state index in [0.717, 1.165) is 24.4 Å². The highest BCUT2D eigenvalue weighted by Crippen LogP contribution is 2.20. The lowest BCUT2D eigenvalue weighted by Gasteiger charge is -2.18. The van der Waals surface area contributed by atoms with Gasteiger partial charge in [0, 0.05) is 49.9 Å². The molecular weight excluding hydrogens is 432 g/mol. The zero-order valence-electron chi connectivity index (χ0n) is 20.0. The molecule has 1 aromatic heterocycles. The van der Waals surface area contributed by atoms with Gasteiger partial charge < -0.3 is 18.9 Å². The van der Waals surface area contributed by atoms with Crippen LogP contribution in [0.2, 0.25) is 0 Å². The highest BCUT2D eigenvalue weighted by molar-refractivity contribution is 6.12. The third-order valence-corrected chi connectivity index (χ3v) is 5.76. The van der Waals surface area contributed by atoms with Crippen molar-refractivity contribution in [1.82, 2.24) is 4.57 Å². The molecule has 0 N–H and O–H groups in total. The molecule has 0 aliphatic heterocycles. The minimum absolute atomic E-state index is 0.119. The third-order valence-electron chi connectivity index (χ3n) is 5.76. The number of benzene rings is 2. The van der Waals surface area contributed by atoms with E-state index in [9.17, 15) is 14.4 Å². The van der Waals surface area contributed by atoms with Gasteiger partial charge in [0.05, 0.1) is 11.1 Å². The Labute approximate surface area is 199 Å². The molecule has 1 amide bonds. The number of carbonyl (C=O) groups excluding carboxylic acids is 3. The number of ether oxygens (including phenoxy) is 2. The number of amides is 1. The predicted molar refractivity (Wildman–Crippen MR) is 131 cm³/mol. The van der Waals surface area contributed by atoms with Crippen molar-refractivity contribution in [3.05, 3.63) is 88.7 Å². The van der Waals surface area contributed by atoms with Gasteiger partial charge in [-0.3, -0.25) is 9.59 Å². The van der Waals surface area contributed by atoms with E-state index in [4.69, 9.17) is 9.47 Å². The van der Waals surface area contributed by atoms with Gasteiger partial charge in [0.2, 0.25) is 5.78 Å². The SMILES string of the molecule is COCCCn1c(C)cc(C(=O)COC(=O)c2ccccc2C(=O)N(C)c2ccccc2)c1C. The van der Waals surface area contributed by atoms with Crippen molar-refractivity contribution in [1.29, 1.82) is 0 Å². The summed E-state index contributed by atoms with van der Waals surface area (Å²) >= 11 is 0. The van der Waals surface area contributed by atoms with Crippen LogP contribution in [0.15, 0.2) is 60.7 Å². The molecular formula is C27H30N2O5. The summed E-state index contributed by atoms with van der Waals surface area (Å²) < 4.78 is 12.5. The van der Waals surface area contributed by atoms with Crippen LogP contribution in [0.3, 0.4) is 0 Å². The van der Waals surface area contributed by atoms with Gasteiger partial charge in [-0.1, -0.05) is 30.3 Å². The molecule has 0 bridgehead atoms. The molecule has 34 heavy (non-hydrogen) atoms. The van der Waals surface area contributed by atoms with E-state index in [1.54, 1.807) is 32.4 Å². The van der Waals surface area contributed by atoms with E-state index in [1.165, 1.54) is 11.0 Å². The Morgan fingerprint density at radius 1 is 0.912 bits per heavy atom. The first-order valence-corrected chi connectivity index (χ1v) is 11.1. The monoisotopic (exact) mass is 462 g/mol. The van der Waals surface area contributed by atoms with Crippen LogP contribution in [-0.4, -0.2) is 49.6 Å². The topological polar surface area (TPSA) is 77.8 Å². The number of nitrogens with zero attached hydrogens (tertiary/aromatic N) is 2. The van der Waals surface area contributed by atoms with E-state index >= 15 is 0 Å². The smallest absolute Gasteiger partial charge is 0.339 e. The summed E-state index contributed by atoms with van der Waals surface area (Å²) in [5.74, 6) is -1.35. The van der Waals surface area contributed by atoms with E-state index in [0.29, 0.717) is 17.9 Å². The molecule has 7 heteroatoms. The van der Waals surface area contributed by atoms with Crippen LogP contribution in [0.5, 0.6) is 0 Å². The van der Waals surface area contributed by atoms with Gasteiger partial charge >= 0.3 is 5.97 Å². The second-order valence-corrected chi connectivity index (χ2v) is 8.03. The normalized spacial score (nSPS) is 10.7. The summed E-state index contributed by atoms with van der Waals surface area (Å²) in [6.07, 6.45) is 0.831. The second kappa shape index (κ2) is 11.4. The molecule has 1 heterocycles. The fourth-order valence-electron chi connectivity index (χ4n) is 3.88. The quantitative estimate of drug-likeness (QED) is 0.253. The van der Waals surface area contributed by atoms with Gasteiger partial charge in [0.15, 0.2) is 6.61 Å². The molecule has 178 valence electrons. The standard InChI is InChI=1S/C27H30N2O5/c1-19-17-24(20(2)29(19)15-10-16-33-4)25(30)18-34-27(32)23-14-9-8-13-22(23)26(31)28(3)21-11-6-5-7-12-21/h5-9,11-14,17H,10,15-16,18H2,1-4H3. The molecule has 2 aromatic carbocycles. The highest BCUT2D eigenvalue weighted by atomic mass is 16.5. The fourth-order valence-corrected chi connectivity index (χ4v) is 3.88. The number of rotatable bonds is 10. The van der Waals surface area contributed by atoms with Crippen LogP contribution in [0.4, 0.5) is 5.69 Å². The summed E-state index contributed by atoms with van der Waals surface area (Å²) in [5, 5.41) is 0. The van der Waals surface area contributed by atoms with Gasteiger partial charge in [-0.15, -0.1) is 0 Å². The Kier molecular flexibility index (Phi) is 8.38. The number of aromatic nitrogens is 1. The third kappa shape index (κ3) is 5.61. The number of anilines is 1. The summed E-state index contributed by atoms with van der Waals surface area (Å²) in [4.78, 5) is 40.2. The zero-order chi connectivity index (χ0) is 24.7. The molecule has 0 saturated carbocycles. The number of methoxy groups -OCH3 is 1. The van der Waals surface area contributed by atoms with Crippen molar-refractivity contribution in [2.24, 2.45) is 0 Å². The van der Waals surface area contributed by atoms with Crippen molar-refractivity contribution >= 4 is 23.3 Å². The van der Waals surface area contributed by atoms with Gasteiger partial charge in [-0.25, -0.2) is 4.79 Å². The maximum Gasteiger partial charge on any atom is 0.339 e. The number of Topliss-reactive ketones (excluding diaryl/α,β-unsaturated/α-hetero) is 1. The van der Waals surface area contributed by atoms with E-state index in [2.05, 4.69) is 4.57 Å². The molecule has 3 rings (SSSR count). The first-order valence-electron chi connectivity index (χ1n) is 11.1.